The molecule has 5 heteroatoms. The highest BCUT2D eigenvalue weighted by Gasteiger charge is 2.22. The van der Waals surface area contributed by atoms with Crippen LogP contribution >= 0.6 is 0 Å². The van der Waals surface area contributed by atoms with Crippen molar-refractivity contribution in [3.8, 4) is 5.75 Å². The van der Waals surface area contributed by atoms with Gasteiger partial charge >= 0.3 is 0 Å². The SMILES string of the molecule is CCCN(CCC)C(=O)c1c(O)cc(F)cc1F. The molecule has 1 amide bonds. The maximum Gasteiger partial charge on any atom is 0.260 e. The molecule has 0 spiro atoms. The van der Waals surface area contributed by atoms with E-state index in [4.69, 9.17) is 0 Å². The van der Waals surface area contributed by atoms with Gasteiger partial charge in [0.15, 0.2) is 0 Å². The van der Waals surface area contributed by atoms with E-state index < -0.39 is 28.9 Å². The summed E-state index contributed by atoms with van der Waals surface area (Å²) in [5, 5.41) is 9.50. The van der Waals surface area contributed by atoms with Crippen molar-refractivity contribution in [1.82, 2.24) is 4.90 Å². The number of aromatic hydroxyl groups is 1. The number of phenolic OH excluding ortho intramolecular Hbond substituents is 1. The molecule has 0 aromatic heterocycles. The van der Waals surface area contributed by atoms with E-state index in [1.165, 1.54) is 4.90 Å². The number of carbonyl (C=O) groups is 1. The third-order valence-electron chi connectivity index (χ3n) is 2.52. The first-order valence-electron chi connectivity index (χ1n) is 5.98. The van der Waals surface area contributed by atoms with Crippen molar-refractivity contribution in [2.45, 2.75) is 26.7 Å². The highest BCUT2D eigenvalue weighted by atomic mass is 19.1. The first-order valence-corrected chi connectivity index (χ1v) is 5.98. The summed E-state index contributed by atoms with van der Waals surface area (Å²) in [6.07, 6.45) is 1.46. The van der Waals surface area contributed by atoms with E-state index in [0.29, 0.717) is 19.2 Å². The van der Waals surface area contributed by atoms with Gasteiger partial charge in [0.05, 0.1) is 0 Å². The van der Waals surface area contributed by atoms with Crippen molar-refractivity contribution in [2.24, 2.45) is 0 Å². The standard InChI is InChI=1S/C13H17F2NO2/c1-3-5-16(6-4-2)13(18)12-10(15)7-9(14)8-11(12)17/h7-8,17H,3-6H2,1-2H3. The van der Waals surface area contributed by atoms with Crippen molar-refractivity contribution in [2.75, 3.05) is 13.1 Å². The molecule has 1 aromatic carbocycles. The Kier molecular flexibility index (Phi) is 5.07. The van der Waals surface area contributed by atoms with Crippen LogP contribution in [0.2, 0.25) is 0 Å². The zero-order chi connectivity index (χ0) is 13.7. The van der Waals surface area contributed by atoms with Gasteiger partial charge in [-0.15, -0.1) is 0 Å². The number of carbonyl (C=O) groups excluding carboxylic acids is 1. The van der Waals surface area contributed by atoms with Gasteiger partial charge in [-0.2, -0.15) is 0 Å². The summed E-state index contributed by atoms with van der Waals surface area (Å²) in [6.45, 7) is 4.75. The Morgan fingerprint density at radius 3 is 2.22 bits per heavy atom. The summed E-state index contributed by atoms with van der Waals surface area (Å²) < 4.78 is 26.4. The fourth-order valence-electron chi connectivity index (χ4n) is 1.78. The topological polar surface area (TPSA) is 40.5 Å². The number of nitrogens with zero attached hydrogens (tertiary/aromatic N) is 1. The van der Waals surface area contributed by atoms with Gasteiger partial charge in [0.2, 0.25) is 0 Å². The van der Waals surface area contributed by atoms with Crippen LogP contribution < -0.4 is 0 Å². The Balaban J connectivity index is 3.08. The molecule has 100 valence electrons. The van der Waals surface area contributed by atoms with E-state index in [0.717, 1.165) is 18.9 Å². The van der Waals surface area contributed by atoms with Crippen molar-refractivity contribution < 1.29 is 18.7 Å². The van der Waals surface area contributed by atoms with E-state index in [-0.39, 0.29) is 0 Å². The Morgan fingerprint density at radius 2 is 1.78 bits per heavy atom. The molecule has 0 bridgehead atoms. The molecule has 0 radical (unpaired) electrons. The van der Waals surface area contributed by atoms with Crippen LogP contribution in [0.1, 0.15) is 37.0 Å². The number of rotatable bonds is 5. The molecular weight excluding hydrogens is 240 g/mol. The normalized spacial score (nSPS) is 10.4. The van der Waals surface area contributed by atoms with Crippen LogP contribution in [0.5, 0.6) is 5.75 Å². The molecule has 0 saturated heterocycles. The second-order valence-corrected chi connectivity index (χ2v) is 4.07. The maximum atomic E-state index is 13.6. The minimum absolute atomic E-state index is 0.460. The summed E-state index contributed by atoms with van der Waals surface area (Å²) in [4.78, 5) is 13.5. The number of benzene rings is 1. The van der Waals surface area contributed by atoms with E-state index in [9.17, 15) is 18.7 Å². The monoisotopic (exact) mass is 257 g/mol. The predicted octanol–water partition coefficient (Wildman–Crippen LogP) is 2.93. The van der Waals surface area contributed by atoms with Gasteiger partial charge in [-0.05, 0) is 12.8 Å². The molecule has 0 saturated carbocycles. The number of phenols is 1. The zero-order valence-electron chi connectivity index (χ0n) is 10.5. The van der Waals surface area contributed by atoms with Crippen molar-refractivity contribution in [1.29, 1.82) is 0 Å². The third-order valence-corrected chi connectivity index (χ3v) is 2.52. The second-order valence-electron chi connectivity index (χ2n) is 4.07. The van der Waals surface area contributed by atoms with Crippen LogP contribution in [-0.2, 0) is 0 Å². The van der Waals surface area contributed by atoms with Crippen LogP contribution in [0, 0.1) is 11.6 Å². The van der Waals surface area contributed by atoms with Gasteiger partial charge in [-0.1, -0.05) is 13.8 Å². The summed E-state index contributed by atoms with van der Waals surface area (Å²) >= 11 is 0. The van der Waals surface area contributed by atoms with E-state index in [1.807, 2.05) is 13.8 Å². The lowest BCUT2D eigenvalue weighted by atomic mass is 10.1. The van der Waals surface area contributed by atoms with Gasteiger partial charge in [-0.25, -0.2) is 8.78 Å². The van der Waals surface area contributed by atoms with Gasteiger partial charge in [0, 0.05) is 25.2 Å². The number of amides is 1. The molecule has 1 N–H and O–H groups in total. The van der Waals surface area contributed by atoms with Crippen molar-refractivity contribution >= 4 is 5.91 Å². The number of halogens is 2. The molecule has 0 aliphatic heterocycles. The van der Waals surface area contributed by atoms with E-state index in [2.05, 4.69) is 0 Å². The molecule has 0 atom stereocenters. The molecule has 0 aliphatic carbocycles. The van der Waals surface area contributed by atoms with Crippen molar-refractivity contribution in [3.05, 3.63) is 29.3 Å². The van der Waals surface area contributed by atoms with Crippen LogP contribution in [0.3, 0.4) is 0 Å². The van der Waals surface area contributed by atoms with Gasteiger partial charge < -0.3 is 10.0 Å². The predicted molar refractivity (Wildman–Crippen MR) is 64.5 cm³/mol. The summed E-state index contributed by atoms with van der Waals surface area (Å²) in [5.41, 5.74) is -0.460. The lowest BCUT2D eigenvalue weighted by molar-refractivity contribution is 0.0747. The Morgan fingerprint density at radius 1 is 1.22 bits per heavy atom. The zero-order valence-corrected chi connectivity index (χ0v) is 10.5. The first-order chi connectivity index (χ1) is 8.51. The molecule has 18 heavy (non-hydrogen) atoms. The van der Waals surface area contributed by atoms with Gasteiger partial charge in [-0.3, -0.25) is 4.79 Å². The molecule has 1 rings (SSSR count). The lowest BCUT2D eigenvalue weighted by Crippen LogP contribution is -2.33. The van der Waals surface area contributed by atoms with Crippen molar-refractivity contribution in [3.63, 3.8) is 0 Å². The summed E-state index contributed by atoms with van der Waals surface area (Å²) in [6, 6.07) is 1.34. The average molecular weight is 257 g/mol. The van der Waals surface area contributed by atoms with Gasteiger partial charge in [0.1, 0.15) is 22.9 Å². The minimum atomic E-state index is -1.03. The Bertz CT molecular complexity index is 406. The number of hydrogen-bond acceptors (Lipinski definition) is 2. The van der Waals surface area contributed by atoms with Crippen LogP contribution in [-0.4, -0.2) is 29.0 Å². The molecule has 0 fully saturated rings. The Hall–Kier alpha value is -1.65. The molecule has 0 aliphatic rings. The quantitative estimate of drug-likeness (QED) is 0.881. The molecule has 0 unspecified atom stereocenters. The van der Waals surface area contributed by atoms with E-state index in [1.54, 1.807) is 0 Å². The highest BCUT2D eigenvalue weighted by molar-refractivity contribution is 5.97. The summed E-state index contributed by atoms with van der Waals surface area (Å²) in [7, 11) is 0. The van der Waals surface area contributed by atoms with Crippen LogP contribution in [0.15, 0.2) is 12.1 Å². The lowest BCUT2D eigenvalue weighted by Gasteiger charge is -2.22. The molecule has 3 nitrogen and oxygen atoms in total. The molecular formula is C13H17F2NO2. The minimum Gasteiger partial charge on any atom is -0.507 e. The largest absolute Gasteiger partial charge is 0.507 e. The fraction of sp³-hybridized carbons (Fsp3) is 0.462. The third kappa shape index (κ3) is 3.18. The van der Waals surface area contributed by atoms with Crippen LogP contribution in [0.25, 0.3) is 0 Å². The maximum absolute atomic E-state index is 13.6. The Labute approximate surface area is 105 Å². The fourth-order valence-corrected chi connectivity index (χ4v) is 1.78. The highest BCUT2D eigenvalue weighted by Crippen LogP contribution is 2.23. The van der Waals surface area contributed by atoms with Gasteiger partial charge in [0.25, 0.3) is 5.91 Å². The molecule has 1 aromatic rings. The second kappa shape index (κ2) is 6.33. The van der Waals surface area contributed by atoms with E-state index >= 15 is 0 Å². The smallest absolute Gasteiger partial charge is 0.260 e. The van der Waals surface area contributed by atoms with Crippen LogP contribution in [0.4, 0.5) is 8.78 Å². The molecule has 0 heterocycles. The summed E-state index contributed by atoms with van der Waals surface area (Å²) in [5.74, 6) is -3.20. The first kappa shape index (κ1) is 14.4. The number of hydrogen-bond donors (Lipinski definition) is 1. The average Bonchev–Trinajstić information content (AvgIpc) is 2.27.